The molecular formula is C17H16BrClN2O3. The molecule has 0 atom stereocenters. The smallest absolute Gasteiger partial charge is 0.260 e. The van der Waals surface area contributed by atoms with Gasteiger partial charge in [0.2, 0.25) is 5.91 Å². The fraction of sp³-hybridized carbons (Fsp3) is 0.176. The fourth-order valence-electron chi connectivity index (χ4n) is 1.84. The minimum Gasteiger partial charge on any atom is -0.484 e. The molecule has 2 rings (SSSR count). The number of benzene rings is 2. The first kappa shape index (κ1) is 18.3. The Kier molecular flexibility index (Phi) is 6.63. The highest BCUT2D eigenvalue weighted by Crippen LogP contribution is 2.20. The fourth-order valence-corrected chi connectivity index (χ4v) is 2.29. The Labute approximate surface area is 153 Å². The molecule has 5 nitrogen and oxygen atoms in total. The standard InChI is InChI=1S/C17H16BrClN2O3/c1-21(10-16(22)20-15-5-3-2-4-14(15)19)17(23)11-24-13-8-6-12(18)7-9-13/h2-9H,10-11H2,1H3,(H,20,22). The van der Waals surface area contributed by atoms with E-state index >= 15 is 0 Å². The summed E-state index contributed by atoms with van der Waals surface area (Å²) >= 11 is 9.30. The second-order valence-corrected chi connectivity index (χ2v) is 6.34. The van der Waals surface area contributed by atoms with E-state index in [2.05, 4.69) is 21.2 Å². The predicted octanol–water partition coefficient (Wildman–Crippen LogP) is 3.58. The lowest BCUT2D eigenvalue weighted by Crippen LogP contribution is -2.37. The molecule has 0 aromatic heterocycles. The van der Waals surface area contributed by atoms with Crippen molar-refractivity contribution in [2.24, 2.45) is 0 Å². The van der Waals surface area contributed by atoms with Crippen molar-refractivity contribution in [1.29, 1.82) is 0 Å². The van der Waals surface area contributed by atoms with E-state index in [0.29, 0.717) is 16.5 Å². The van der Waals surface area contributed by atoms with Gasteiger partial charge in [0.05, 0.1) is 17.3 Å². The number of nitrogens with one attached hydrogen (secondary N) is 1. The van der Waals surface area contributed by atoms with Crippen LogP contribution in [0.3, 0.4) is 0 Å². The highest BCUT2D eigenvalue weighted by Gasteiger charge is 2.14. The summed E-state index contributed by atoms with van der Waals surface area (Å²) in [5.74, 6) is -0.0460. The summed E-state index contributed by atoms with van der Waals surface area (Å²) < 4.78 is 6.32. The van der Waals surface area contributed by atoms with Crippen molar-refractivity contribution in [3.8, 4) is 5.75 Å². The van der Waals surface area contributed by atoms with Gasteiger partial charge in [0.25, 0.3) is 5.91 Å². The van der Waals surface area contributed by atoms with E-state index in [1.807, 2.05) is 12.1 Å². The summed E-state index contributed by atoms with van der Waals surface area (Å²) in [4.78, 5) is 25.3. The maximum atomic E-state index is 12.0. The van der Waals surface area contributed by atoms with E-state index in [1.54, 1.807) is 43.4 Å². The molecule has 0 saturated heterocycles. The lowest BCUT2D eigenvalue weighted by Gasteiger charge is -2.17. The van der Waals surface area contributed by atoms with Gasteiger partial charge in [0.15, 0.2) is 6.61 Å². The lowest BCUT2D eigenvalue weighted by atomic mass is 10.3. The van der Waals surface area contributed by atoms with Crippen molar-refractivity contribution in [2.75, 3.05) is 25.5 Å². The van der Waals surface area contributed by atoms with E-state index in [0.717, 1.165) is 4.47 Å². The maximum absolute atomic E-state index is 12.0. The molecule has 24 heavy (non-hydrogen) atoms. The number of likely N-dealkylation sites (N-methyl/N-ethyl adjacent to an activating group) is 1. The van der Waals surface area contributed by atoms with E-state index < -0.39 is 0 Å². The maximum Gasteiger partial charge on any atom is 0.260 e. The second-order valence-electron chi connectivity index (χ2n) is 5.02. The molecule has 2 aromatic carbocycles. The van der Waals surface area contributed by atoms with Crippen molar-refractivity contribution in [2.45, 2.75) is 0 Å². The molecule has 0 aliphatic rings. The summed E-state index contributed by atoms with van der Waals surface area (Å²) in [6, 6.07) is 14.1. The van der Waals surface area contributed by atoms with Gasteiger partial charge in [-0.05, 0) is 36.4 Å². The van der Waals surface area contributed by atoms with E-state index in [-0.39, 0.29) is 25.0 Å². The van der Waals surface area contributed by atoms with Gasteiger partial charge < -0.3 is 15.0 Å². The van der Waals surface area contributed by atoms with E-state index in [1.165, 1.54) is 4.90 Å². The number of carbonyl (C=O) groups excluding carboxylic acids is 2. The third-order valence-corrected chi connectivity index (χ3v) is 3.99. The molecule has 0 radical (unpaired) electrons. The summed E-state index contributed by atoms with van der Waals surface area (Å²) in [7, 11) is 1.54. The Morgan fingerprint density at radius 1 is 1.17 bits per heavy atom. The van der Waals surface area contributed by atoms with Crippen molar-refractivity contribution in [1.82, 2.24) is 4.90 Å². The minimum atomic E-state index is -0.331. The first-order chi connectivity index (χ1) is 11.5. The molecule has 0 aliphatic heterocycles. The third kappa shape index (κ3) is 5.54. The van der Waals surface area contributed by atoms with Gasteiger partial charge in [0.1, 0.15) is 5.75 Å². The Morgan fingerprint density at radius 3 is 2.50 bits per heavy atom. The monoisotopic (exact) mass is 410 g/mol. The summed E-state index contributed by atoms with van der Waals surface area (Å²) in [6.45, 7) is -0.231. The van der Waals surface area contributed by atoms with E-state index in [4.69, 9.17) is 16.3 Å². The number of nitrogens with zero attached hydrogens (tertiary/aromatic N) is 1. The van der Waals surface area contributed by atoms with Crippen molar-refractivity contribution < 1.29 is 14.3 Å². The van der Waals surface area contributed by atoms with Gasteiger partial charge >= 0.3 is 0 Å². The predicted molar refractivity (Wildman–Crippen MR) is 97.4 cm³/mol. The number of anilines is 1. The Bertz CT molecular complexity index is 722. The molecule has 0 fully saturated rings. The van der Waals surface area contributed by atoms with Crippen molar-refractivity contribution >= 4 is 45.0 Å². The van der Waals surface area contributed by atoms with Gasteiger partial charge in [-0.25, -0.2) is 0 Å². The van der Waals surface area contributed by atoms with Crippen LogP contribution in [0.4, 0.5) is 5.69 Å². The highest BCUT2D eigenvalue weighted by molar-refractivity contribution is 9.10. The van der Waals surface area contributed by atoms with Crippen LogP contribution >= 0.6 is 27.5 Å². The van der Waals surface area contributed by atoms with Crippen molar-refractivity contribution in [3.05, 3.63) is 58.0 Å². The molecule has 0 spiro atoms. The normalized spacial score (nSPS) is 10.1. The average Bonchev–Trinajstić information content (AvgIpc) is 2.56. The number of carbonyl (C=O) groups is 2. The Morgan fingerprint density at radius 2 is 1.83 bits per heavy atom. The zero-order chi connectivity index (χ0) is 17.5. The average molecular weight is 412 g/mol. The SMILES string of the molecule is CN(CC(=O)Nc1ccccc1Cl)C(=O)COc1ccc(Br)cc1. The number of hydrogen-bond donors (Lipinski definition) is 1. The first-order valence-corrected chi connectivity index (χ1v) is 8.29. The molecule has 126 valence electrons. The summed E-state index contributed by atoms with van der Waals surface area (Å²) in [6.07, 6.45) is 0. The number of rotatable bonds is 6. The van der Waals surface area contributed by atoms with Crippen LogP contribution in [0.5, 0.6) is 5.75 Å². The summed E-state index contributed by atoms with van der Waals surface area (Å²) in [5.41, 5.74) is 0.510. The Hall–Kier alpha value is -2.05. The van der Waals surface area contributed by atoms with Gasteiger partial charge in [0, 0.05) is 11.5 Å². The number of para-hydroxylation sites is 1. The van der Waals surface area contributed by atoms with Crippen LogP contribution in [0, 0.1) is 0 Å². The second kappa shape index (κ2) is 8.70. The molecule has 2 amide bonds. The van der Waals surface area contributed by atoms with Gasteiger partial charge in [-0.3, -0.25) is 9.59 Å². The first-order valence-electron chi connectivity index (χ1n) is 7.12. The molecule has 0 heterocycles. The van der Waals surface area contributed by atoms with Crippen LogP contribution in [0.2, 0.25) is 5.02 Å². The largest absolute Gasteiger partial charge is 0.484 e. The molecule has 0 bridgehead atoms. The zero-order valence-corrected chi connectivity index (χ0v) is 15.3. The molecule has 7 heteroatoms. The zero-order valence-electron chi connectivity index (χ0n) is 13.0. The molecule has 1 N–H and O–H groups in total. The number of amides is 2. The van der Waals surface area contributed by atoms with Crippen LogP contribution in [0.1, 0.15) is 0 Å². The molecule has 0 saturated carbocycles. The topological polar surface area (TPSA) is 58.6 Å². The molecule has 0 aliphatic carbocycles. The van der Waals surface area contributed by atoms with Gasteiger partial charge in [-0.1, -0.05) is 39.7 Å². The molecular weight excluding hydrogens is 396 g/mol. The minimum absolute atomic E-state index is 0.0895. The number of ether oxygens (including phenoxy) is 1. The van der Waals surface area contributed by atoms with E-state index in [9.17, 15) is 9.59 Å². The third-order valence-electron chi connectivity index (χ3n) is 3.13. The highest BCUT2D eigenvalue weighted by atomic mass is 79.9. The van der Waals surface area contributed by atoms with Crippen LogP contribution in [-0.2, 0) is 9.59 Å². The number of halogens is 2. The van der Waals surface area contributed by atoms with Crippen LogP contribution in [-0.4, -0.2) is 36.9 Å². The van der Waals surface area contributed by atoms with Crippen LogP contribution in [0.15, 0.2) is 53.0 Å². The summed E-state index contributed by atoms with van der Waals surface area (Å²) in [5, 5.41) is 3.11. The molecule has 2 aromatic rings. The Balaban J connectivity index is 1.81. The van der Waals surface area contributed by atoms with Crippen LogP contribution in [0.25, 0.3) is 0 Å². The van der Waals surface area contributed by atoms with Crippen LogP contribution < -0.4 is 10.1 Å². The molecule has 0 unspecified atom stereocenters. The number of hydrogen-bond acceptors (Lipinski definition) is 3. The lowest BCUT2D eigenvalue weighted by molar-refractivity contribution is -0.135. The quantitative estimate of drug-likeness (QED) is 0.790. The van der Waals surface area contributed by atoms with Gasteiger partial charge in [-0.2, -0.15) is 0 Å². The van der Waals surface area contributed by atoms with Crippen molar-refractivity contribution in [3.63, 3.8) is 0 Å². The van der Waals surface area contributed by atoms with Gasteiger partial charge in [-0.15, -0.1) is 0 Å².